The Labute approximate surface area is 122 Å². The van der Waals surface area contributed by atoms with Gasteiger partial charge in [-0.2, -0.15) is 0 Å². The van der Waals surface area contributed by atoms with E-state index in [2.05, 4.69) is 4.98 Å². The van der Waals surface area contributed by atoms with Crippen molar-refractivity contribution in [3.63, 3.8) is 0 Å². The maximum atomic E-state index is 11.5. The molecule has 104 valence electrons. The van der Waals surface area contributed by atoms with Gasteiger partial charge in [0.05, 0.1) is 11.1 Å². The molecule has 1 fully saturated rings. The minimum Gasteiger partial charge on any atom is -0.478 e. The van der Waals surface area contributed by atoms with E-state index in [1.165, 1.54) is 19.3 Å². The number of nitrogens with zero attached hydrogens (tertiary/aromatic N) is 1. The molecule has 1 aromatic heterocycles. The first-order valence-corrected chi connectivity index (χ1v) is 7.36. The largest absolute Gasteiger partial charge is 0.478 e. The lowest BCUT2D eigenvalue weighted by Crippen LogP contribution is -2.09. The van der Waals surface area contributed by atoms with Gasteiger partial charge in [-0.25, -0.2) is 4.79 Å². The second-order valence-corrected chi connectivity index (χ2v) is 5.83. The van der Waals surface area contributed by atoms with Crippen molar-refractivity contribution < 1.29 is 9.90 Å². The molecule has 1 saturated carbocycles. The highest BCUT2D eigenvalue weighted by molar-refractivity contribution is 6.31. The first kappa shape index (κ1) is 13.4. The molecular weight excluding hydrogens is 274 g/mol. The third-order valence-corrected chi connectivity index (χ3v) is 4.28. The van der Waals surface area contributed by atoms with Gasteiger partial charge in [-0.05, 0) is 31.0 Å². The van der Waals surface area contributed by atoms with Crippen LogP contribution in [-0.2, 0) is 0 Å². The number of benzene rings is 1. The van der Waals surface area contributed by atoms with Gasteiger partial charge in [0.25, 0.3) is 0 Å². The van der Waals surface area contributed by atoms with E-state index in [0.717, 1.165) is 18.5 Å². The fraction of sp³-hybridized carbons (Fsp3) is 0.375. The second-order valence-electron chi connectivity index (χ2n) is 5.40. The van der Waals surface area contributed by atoms with Crippen LogP contribution in [-0.4, -0.2) is 16.1 Å². The van der Waals surface area contributed by atoms with Crippen LogP contribution in [0.25, 0.3) is 10.9 Å². The van der Waals surface area contributed by atoms with Gasteiger partial charge >= 0.3 is 5.97 Å². The highest BCUT2D eigenvalue weighted by Gasteiger charge is 2.20. The molecule has 0 radical (unpaired) electrons. The van der Waals surface area contributed by atoms with Crippen LogP contribution in [0, 0.1) is 0 Å². The number of aromatic nitrogens is 1. The summed E-state index contributed by atoms with van der Waals surface area (Å²) < 4.78 is 0. The standard InChI is InChI=1S/C16H16ClNO2/c17-11-6-7-12-13(16(19)20)9-14(18-15(12)8-11)10-4-2-1-3-5-10/h6-10H,1-5H2,(H,19,20). The van der Waals surface area contributed by atoms with E-state index in [0.29, 0.717) is 27.4 Å². The Hall–Kier alpha value is -1.61. The van der Waals surface area contributed by atoms with Crippen LogP contribution >= 0.6 is 11.6 Å². The van der Waals surface area contributed by atoms with E-state index in [4.69, 9.17) is 11.6 Å². The van der Waals surface area contributed by atoms with Crippen LogP contribution in [0.3, 0.4) is 0 Å². The quantitative estimate of drug-likeness (QED) is 0.876. The molecule has 20 heavy (non-hydrogen) atoms. The fourth-order valence-corrected chi connectivity index (χ4v) is 3.17. The number of pyridine rings is 1. The van der Waals surface area contributed by atoms with Crippen molar-refractivity contribution in [2.24, 2.45) is 0 Å². The van der Waals surface area contributed by atoms with Gasteiger partial charge in [-0.1, -0.05) is 36.9 Å². The molecule has 1 heterocycles. The number of rotatable bonds is 2. The molecule has 0 unspecified atom stereocenters. The highest BCUT2D eigenvalue weighted by Crippen LogP contribution is 2.33. The number of hydrogen-bond acceptors (Lipinski definition) is 2. The second kappa shape index (κ2) is 5.41. The summed E-state index contributed by atoms with van der Waals surface area (Å²) in [5.74, 6) is -0.526. The first-order chi connectivity index (χ1) is 9.65. The maximum Gasteiger partial charge on any atom is 0.336 e. The average molecular weight is 290 g/mol. The summed E-state index contributed by atoms with van der Waals surface area (Å²) in [5.41, 5.74) is 1.90. The normalized spacial score (nSPS) is 16.4. The van der Waals surface area contributed by atoms with E-state index in [1.54, 1.807) is 24.3 Å². The summed E-state index contributed by atoms with van der Waals surface area (Å²) in [4.78, 5) is 16.1. The molecule has 3 rings (SSSR count). The summed E-state index contributed by atoms with van der Waals surface area (Å²) >= 11 is 6.00. The molecule has 0 saturated heterocycles. The molecule has 0 aliphatic heterocycles. The van der Waals surface area contributed by atoms with E-state index in [9.17, 15) is 9.90 Å². The average Bonchev–Trinajstić information content (AvgIpc) is 2.46. The SMILES string of the molecule is O=C(O)c1cc(C2CCCCC2)nc2cc(Cl)ccc12. The Balaban J connectivity index is 2.15. The third kappa shape index (κ3) is 2.50. The van der Waals surface area contributed by atoms with Crippen LogP contribution in [0.4, 0.5) is 0 Å². The zero-order valence-electron chi connectivity index (χ0n) is 11.1. The number of halogens is 1. The molecule has 1 aliphatic carbocycles. The van der Waals surface area contributed by atoms with Gasteiger partial charge in [0.15, 0.2) is 0 Å². The van der Waals surface area contributed by atoms with E-state index in [-0.39, 0.29) is 0 Å². The fourth-order valence-electron chi connectivity index (χ4n) is 3.01. The van der Waals surface area contributed by atoms with Crippen LogP contribution < -0.4 is 0 Å². The minimum absolute atomic E-state index is 0.326. The summed E-state index contributed by atoms with van der Waals surface area (Å²) in [7, 11) is 0. The zero-order valence-corrected chi connectivity index (χ0v) is 11.9. The lowest BCUT2D eigenvalue weighted by Gasteiger charge is -2.21. The van der Waals surface area contributed by atoms with Crippen molar-refractivity contribution in [1.82, 2.24) is 4.98 Å². The number of fused-ring (bicyclic) bond motifs is 1. The summed E-state index contributed by atoms with van der Waals surface area (Å²) in [6, 6.07) is 6.93. The molecule has 3 nitrogen and oxygen atoms in total. The molecule has 0 atom stereocenters. The molecular formula is C16H16ClNO2. The van der Waals surface area contributed by atoms with E-state index < -0.39 is 5.97 Å². The molecule has 0 amide bonds. The zero-order chi connectivity index (χ0) is 14.1. The number of carboxylic acid groups (broad SMARTS) is 1. The molecule has 2 aromatic rings. The van der Waals surface area contributed by atoms with Crippen molar-refractivity contribution in [2.45, 2.75) is 38.0 Å². The minimum atomic E-state index is -0.906. The molecule has 1 aliphatic rings. The van der Waals surface area contributed by atoms with Crippen molar-refractivity contribution >= 4 is 28.5 Å². The molecule has 4 heteroatoms. The molecule has 1 N–H and O–H groups in total. The summed E-state index contributed by atoms with van der Waals surface area (Å²) in [5, 5.41) is 10.7. The number of aromatic carboxylic acids is 1. The lowest BCUT2D eigenvalue weighted by molar-refractivity contribution is 0.0699. The number of carbonyl (C=O) groups is 1. The van der Waals surface area contributed by atoms with Gasteiger partial charge < -0.3 is 5.11 Å². The Kier molecular flexibility index (Phi) is 3.62. The monoisotopic (exact) mass is 289 g/mol. The van der Waals surface area contributed by atoms with E-state index >= 15 is 0 Å². The van der Waals surface area contributed by atoms with Gasteiger partial charge in [0.2, 0.25) is 0 Å². The van der Waals surface area contributed by atoms with Crippen molar-refractivity contribution in [1.29, 1.82) is 0 Å². The van der Waals surface area contributed by atoms with Gasteiger partial charge in [0, 0.05) is 22.0 Å². The number of carboxylic acids is 1. The van der Waals surface area contributed by atoms with Crippen molar-refractivity contribution in [3.8, 4) is 0 Å². The summed E-state index contributed by atoms with van der Waals surface area (Å²) in [6.07, 6.45) is 5.85. The lowest BCUT2D eigenvalue weighted by atomic mass is 9.86. The van der Waals surface area contributed by atoms with Crippen molar-refractivity contribution in [2.75, 3.05) is 0 Å². The molecule has 1 aromatic carbocycles. The topological polar surface area (TPSA) is 50.2 Å². The summed E-state index contributed by atoms with van der Waals surface area (Å²) in [6.45, 7) is 0. The first-order valence-electron chi connectivity index (χ1n) is 6.98. The molecule has 0 bridgehead atoms. The Morgan fingerprint density at radius 1 is 1.20 bits per heavy atom. The number of hydrogen-bond donors (Lipinski definition) is 1. The predicted octanol–water partition coefficient (Wildman–Crippen LogP) is 4.63. The van der Waals surface area contributed by atoms with Gasteiger partial charge in [-0.3, -0.25) is 4.98 Å². The van der Waals surface area contributed by atoms with E-state index in [1.807, 2.05) is 0 Å². The van der Waals surface area contributed by atoms with Crippen LogP contribution in [0.1, 0.15) is 54.1 Å². The third-order valence-electron chi connectivity index (χ3n) is 4.05. The molecule has 0 spiro atoms. The maximum absolute atomic E-state index is 11.5. The Bertz CT molecular complexity index is 663. The Morgan fingerprint density at radius 2 is 1.95 bits per heavy atom. The van der Waals surface area contributed by atoms with Crippen LogP contribution in [0.2, 0.25) is 5.02 Å². The highest BCUT2D eigenvalue weighted by atomic mass is 35.5. The van der Waals surface area contributed by atoms with Crippen LogP contribution in [0.5, 0.6) is 0 Å². The van der Waals surface area contributed by atoms with Gasteiger partial charge in [0.1, 0.15) is 0 Å². The Morgan fingerprint density at radius 3 is 2.65 bits per heavy atom. The predicted molar refractivity (Wildman–Crippen MR) is 79.5 cm³/mol. The van der Waals surface area contributed by atoms with Crippen LogP contribution in [0.15, 0.2) is 24.3 Å². The smallest absolute Gasteiger partial charge is 0.336 e. The van der Waals surface area contributed by atoms with Crippen molar-refractivity contribution in [3.05, 3.63) is 40.5 Å². The van der Waals surface area contributed by atoms with Gasteiger partial charge in [-0.15, -0.1) is 0 Å².